The third-order valence-corrected chi connectivity index (χ3v) is 4.61. The summed E-state index contributed by atoms with van der Waals surface area (Å²) < 4.78 is 13.8. The highest BCUT2D eigenvalue weighted by Gasteiger charge is 2.14. The molecule has 0 radical (unpaired) electrons. The number of nitrogens with one attached hydrogen (secondary N) is 1. The van der Waals surface area contributed by atoms with Gasteiger partial charge in [-0.2, -0.15) is 5.10 Å². The van der Waals surface area contributed by atoms with Crippen molar-refractivity contribution in [1.29, 1.82) is 0 Å². The van der Waals surface area contributed by atoms with Gasteiger partial charge in [0.1, 0.15) is 5.82 Å². The lowest BCUT2D eigenvalue weighted by Gasteiger charge is -2.09. The van der Waals surface area contributed by atoms with E-state index in [-0.39, 0.29) is 10.6 Å². The molecular weight excluding hydrogens is 391 g/mol. The highest BCUT2D eigenvalue weighted by atomic mass is 35.5. The van der Waals surface area contributed by atoms with Gasteiger partial charge in [0, 0.05) is 28.9 Å². The second kappa shape index (κ2) is 8.16. The summed E-state index contributed by atoms with van der Waals surface area (Å²) in [4.78, 5) is 21.5. The Morgan fingerprint density at radius 1 is 1.10 bits per heavy atom. The Labute approximate surface area is 170 Å². The number of carbonyl (C=O) groups is 1. The van der Waals surface area contributed by atoms with E-state index < -0.39 is 11.7 Å². The molecule has 142 valence electrons. The topological polar surface area (TPSA) is 67.2 Å². The second-order valence-corrected chi connectivity index (χ2v) is 6.56. The quantitative estimate of drug-likeness (QED) is 0.390. The molecule has 2 aromatic carbocycles. The highest BCUT2D eigenvalue weighted by molar-refractivity contribution is 6.33. The molecule has 0 fully saturated rings. The predicted octanol–water partition coefficient (Wildman–Crippen LogP) is 4.85. The van der Waals surface area contributed by atoms with E-state index in [4.69, 9.17) is 11.6 Å². The Morgan fingerprint density at radius 2 is 1.97 bits per heavy atom. The van der Waals surface area contributed by atoms with Crippen LogP contribution in [-0.4, -0.2) is 22.1 Å². The lowest BCUT2D eigenvalue weighted by molar-refractivity contribution is 0.0956. The van der Waals surface area contributed by atoms with Crippen LogP contribution in [0.2, 0.25) is 5.02 Å². The predicted molar refractivity (Wildman–Crippen MR) is 111 cm³/mol. The van der Waals surface area contributed by atoms with Gasteiger partial charge in [-0.15, -0.1) is 0 Å². The number of benzene rings is 2. The molecule has 2 aromatic heterocycles. The van der Waals surface area contributed by atoms with Crippen LogP contribution in [0.5, 0.6) is 0 Å². The molecule has 0 spiro atoms. The summed E-state index contributed by atoms with van der Waals surface area (Å²) in [5, 5.41) is 4.75. The van der Waals surface area contributed by atoms with E-state index in [1.54, 1.807) is 30.6 Å². The molecule has 0 aliphatic carbocycles. The van der Waals surface area contributed by atoms with Crippen LogP contribution in [-0.2, 0) is 0 Å². The number of hydrogen-bond acceptors (Lipinski definition) is 4. The Balaban J connectivity index is 1.69. The molecule has 4 aromatic rings. The Hall–Kier alpha value is -3.64. The summed E-state index contributed by atoms with van der Waals surface area (Å²) in [6, 6.07) is 17.0. The zero-order valence-corrected chi connectivity index (χ0v) is 15.8. The summed E-state index contributed by atoms with van der Waals surface area (Å²) in [6.45, 7) is 0. The third kappa shape index (κ3) is 3.97. The summed E-state index contributed by atoms with van der Waals surface area (Å²) >= 11 is 5.97. The van der Waals surface area contributed by atoms with E-state index >= 15 is 0 Å². The van der Waals surface area contributed by atoms with Crippen molar-refractivity contribution in [3.63, 3.8) is 0 Å². The highest BCUT2D eigenvalue weighted by Crippen LogP contribution is 2.24. The molecule has 4 rings (SSSR count). The van der Waals surface area contributed by atoms with E-state index in [1.165, 1.54) is 18.3 Å². The number of aromatic nitrogens is 2. The molecule has 0 atom stereocenters. The number of hydrogen-bond donors (Lipinski definition) is 1. The maximum absolute atomic E-state index is 13.8. The summed E-state index contributed by atoms with van der Waals surface area (Å²) in [7, 11) is 0. The molecule has 5 nitrogen and oxygen atoms in total. The van der Waals surface area contributed by atoms with E-state index in [2.05, 4.69) is 20.5 Å². The van der Waals surface area contributed by atoms with Gasteiger partial charge in [-0.3, -0.25) is 9.78 Å². The van der Waals surface area contributed by atoms with Crippen LogP contribution in [0.3, 0.4) is 0 Å². The summed E-state index contributed by atoms with van der Waals surface area (Å²) in [5.41, 5.74) is 5.00. The molecule has 0 unspecified atom stereocenters. The SMILES string of the molecule is O=C(NN=Cc1c(F)cccc1Cl)c1cc(-c2cccnc2)nc2ccccc12. The number of halogens is 2. The van der Waals surface area contributed by atoms with Gasteiger partial charge in [0.25, 0.3) is 5.91 Å². The van der Waals surface area contributed by atoms with Gasteiger partial charge in [0.05, 0.1) is 28.0 Å². The van der Waals surface area contributed by atoms with Gasteiger partial charge in [-0.05, 0) is 36.4 Å². The monoisotopic (exact) mass is 404 g/mol. The van der Waals surface area contributed by atoms with Crippen LogP contribution in [0.25, 0.3) is 22.2 Å². The minimum atomic E-state index is -0.524. The minimum absolute atomic E-state index is 0.102. The van der Waals surface area contributed by atoms with Crippen LogP contribution in [0.15, 0.2) is 78.2 Å². The number of nitrogens with zero attached hydrogens (tertiary/aromatic N) is 3. The van der Waals surface area contributed by atoms with Crippen LogP contribution in [0.4, 0.5) is 4.39 Å². The Morgan fingerprint density at radius 3 is 2.76 bits per heavy atom. The number of para-hydroxylation sites is 1. The average Bonchev–Trinajstić information content (AvgIpc) is 2.75. The Kier molecular flexibility index (Phi) is 5.27. The Bertz CT molecular complexity index is 1210. The molecule has 1 N–H and O–H groups in total. The fourth-order valence-corrected chi connectivity index (χ4v) is 3.09. The third-order valence-electron chi connectivity index (χ3n) is 4.28. The normalized spacial score (nSPS) is 11.1. The number of pyridine rings is 2. The lowest BCUT2D eigenvalue weighted by atomic mass is 10.0. The maximum Gasteiger partial charge on any atom is 0.272 e. The first-order valence-corrected chi connectivity index (χ1v) is 9.09. The molecule has 0 saturated carbocycles. The molecule has 0 aliphatic heterocycles. The molecular formula is C22H14ClFN4O. The van der Waals surface area contributed by atoms with Crippen LogP contribution in [0, 0.1) is 5.82 Å². The first kappa shape index (κ1) is 18.7. The molecule has 7 heteroatoms. The number of hydrazone groups is 1. The average molecular weight is 405 g/mol. The van der Waals surface area contributed by atoms with Crippen molar-refractivity contribution in [2.45, 2.75) is 0 Å². The molecule has 0 saturated heterocycles. The molecule has 29 heavy (non-hydrogen) atoms. The van der Waals surface area contributed by atoms with Crippen LogP contribution < -0.4 is 5.43 Å². The molecule has 0 bridgehead atoms. The first-order chi connectivity index (χ1) is 14.1. The van der Waals surface area contributed by atoms with Gasteiger partial charge in [0.2, 0.25) is 0 Å². The number of carbonyl (C=O) groups excluding carboxylic acids is 1. The molecule has 1 amide bonds. The van der Waals surface area contributed by atoms with E-state index in [0.29, 0.717) is 22.2 Å². The first-order valence-electron chi connectivity index (χ1n) is 8.71. The van der Waals surface area contributed by atoms with Gasteiger partial charge in [0.15, 0.2) is 0 Å². The summed E-state index contributed by atoms with van der Waals surface area (Å²) in [6.07, 6.45) is 4.53. The van der Waals surface area contributed by atoms with Crippen molar-refractivity contribution in [2.24, 2.45) is 5.10 Å². The van der Waals surface area contributed by atoms with E-state index in [9.17, 15) is 9.18 Å². The van der Waals surface area contributed by atoms with Crippen molar-refractivity contribution in [3.05, 3.63) is 95.0 Å². The molecule has 2 heterocycles. The van der Waals surface area contributed by atoms with Gasteiger partial charge >= 0.3 is 0 Å². The fraction of sp³-hybridized carbons (Fsp3) is 0. The van der Waals surface area contributed by atoms with Crippen molar-refractivity contribution in [2.75, 3.05) is 0 Å². The fourth-order valence-electron chi connectivity index (χ4n) is 2.88. The van der Waals surface area contributed by atoms with E-state index in [1.807, 2.05) is 30.3 Å². The number of amides is 1. The van der Waals surface area contributed by atoms with Crippen molar-refractivity contribution in [3.8, 4) is 11.3 Å². The smallest absolute Gasteiger partial charge is 0.267 e. The maximum atomic E-state index is 13.8. The van der Waals surface area contributed by atoms with Crippen LogP contribution in [0.1, 0.15) is 15.9 Å². The van der Waals surface area contributed by atoms with Crippen molar-refractivity contribution in [1.82, 2.24) is 15.4 Å². The van der Waals surface area contributed by atoms with E-state index in [0.717, 1.165) is 5.56 Å². The lowest BCUT2D eigenvalue weighted by Crippen LogP contribution is -2.18. The largest absolute Gasteiger partial charge is 0.272 e. The number of rotatable bonds is 4. The zero-order valence-electron chi connectivity index (χ0n) is 15.0. The molecule has 0 aliphatic rings. The summed E-state index contributed by atoms with van der Waals surface area (Å²) in [5.74, 6) is -0.971. The van der Waals surface area contributed by atoms with Gasteiger partial charge in [-0.25, -0.2) is 14.8 Å². The zero-order chi connectivity index (χ0) is 20.2. The number of fused-ring (bicyclic) bond motifs is 1. The minimum Gasteiger partial charge on any atom is -0.267 e. The van der Waals surface area contributed by atoms with Crippen molar-refractivity contribution < 1.29 is 9.18 Å². The van der Waals surface area contributed by atoms with Gasteiger partial charge in [-0.1, -0.05) is 35.9 Å². The van der Waals surface area contributed by atoms with Crippen LogP contribution >= 0.6 is 11.6 Å². The van der Waals surface area contributed by atoms with Gasteiger partial charge < -0.3 is 0 Å². The van der Waals surface area contributed by atoms with Crippen molar-refractivity contribution >= 4 is 34.6 Å². The second-order valence-electron chi connectivity index (χ2n) is 6.15. The standard InChI is InChI=1S/C22H14ClFN4O/c23-18-7-3-8-19(24)17(18)13-26-28-22(29)16-11-21(14-5-4-10-25-12-14)27-20-9-2-1-6-15(16)20/h1-13H,(H,28,29).